The zero-order valence-electron chi connectivity index (χ0n) is 32.2. The second-order valence-electron chi connectivity index (χ2n) is 15.0. The third-order valence-corrected chi connectivity index (χ3v) is 11.4. The average Bonchev–Trinajstić information content (AvgIpc) is 3.88. The maximum Gasteiger partial charge on any atom is 0.164 e. The summed E-state index contributed by atoms with van der Waals surface area (Å²) in [5.41, 5.74) is 12.6. The SMILES string of the molecule is c1ccc(-c2nc(-c3ccc(-c4cccc5nc(-c6ccccc6)c6oc7ccccc7c6c45)cc3)nc(-c3cccc(-n4c5ccccc5c5ccccc54)c3)n2)cc1. The van der Waals surface area contributed by atoms with E-state index >= 15 is 0 Å². The van der Waals surface area contributed by atoms with Crippen LogP contribution >= 0.6 is 0 Å². The van der Waals surface area contributed by atoms with E-state index < -0.39 is 0 Å². The highest BCUT2D eigenvalue weighted by atomic mass is 16.3. The molecule has 0 amide bonds. The normalized spacial score (nSPS) is 11.7. The molecule has 6 nitrogen and oxygen atoms in total. The molecule has 12 rings (SSSR count). The van der Waals surface area contributed by atoms with Gasteiger partial charge in [-0.2, -0.15) is 0 Å². The van der Waals surface area contributed by atoms with Gasteiger partial charge in [-0.1, -0.05) is 164 Å². The minimum Gasteiger partial charge on any atom is -0.454 e. The van der Waals surface area contributed by atoms with Crippen molar-refractivity contribution in [3.05, 3.63) is 200 Å². The Bertz CT molecular complexity index is 3540. The molecule has 4 heterocycles. The van der Waals surface area contributed by atoms with E-state index in [9.17, 15) is 0 Å². The first-order valence-corrected chi connectivity index (χ1v) is 20.1. The van der Waals surface area contributed by atoms with Gasteiger partial charge in [0.1, 0.15) is 11.3 Å². The largest absolute Gasteiger partial charge is 0.454 e. The van der Waals surface area contributed by atoms with Gasteiger partial charge in [0.15, 0.2) is 23.1 Å². The highest BCUT2D eigenvalue weighted by Gasteiger charge is 2.21. The molecule has 12 aromatic rings. The molecular weight excluding hydrogens is 735 g/mol. The molecule has 0 aliphatic carbocycles. The maximum atomic E-state index is 6.59. The third kappa shape index (κ3) is 5.50. The number of aromatic nitrogens is 5. The third-order valence-electron chi connectivity index (χ3n) is 11.4. The Labute approximate surface area is 344 Å². The summed E-state index contributed by atoms with van der Waals surface area (Å²) in [5.74, 6) is 1.82. The van der Waals surface area contributed by atoms with E-state index in [0.29, 0.717) is 17.5 Å². The predicted molar refractivity (Wildman–Crippen MR) is 244 cm³/mol. The highest BCUT2D eigenvalue weighted by molar-refractivity contribution is 6.24. The summed E-state index contributed by atoms with van der Waals surface area (Å²) in [6.45, 7) is 0. The van der Waals surface area contributed by atoms with Crippen LogP contribution < -0.4 is 0 Å². The number of furan rings is 1. The fourth-order valence-corrected chi connectivity index (χ4v) is 8.69. The van der Waals surface area contributed by atoms with Crippen LogP contribution in [-0.4, -0.2) is 24.5 Å². The Morgan fingerprint density at radius 1 is 0.367 bits per heavy atom. The van der Waals surface area contributed by atoms with Gasteiger partial charge >= 0.3 is 0 Å². The molecule has 0 unspecified atom stereocenters. The van der Waals surface area contributed by atoms with Crippen LogP contribution in [0.15, 0.2) is 205 Å². The molecule has 0 fully saturated rings. The number of benzene rings is 8. The Kier molecular flexibility index (Phi) is 7.74. The van der Waals surface area contributed by atoms with Gasteiger partial charge in [0, 0.05) is 54.9 Å². The molecule has 0 aliphatic rings. The Morgan fingerprint density at radius 2 is 0.900 bits per heavy atom. The number of hydrogen-bond acceptors (Lipinski definition) is 5. The quantitative estimate of drug-likeness (QED) is 0.168. The van der Waals surface area contributed by atoms with Crippen LogP contribution in [0.1, 0.15) is 0 Å². The van der Waals surface area contributed by atoms with Gasteiger partial charge in [0.25, 0.3) is 0 Å². The minimum absolute atomic E-state index is 0.600. The maximum absolute atomic E-state index is 6.59. The van der Waals surface area contributed by atoms with Crippen LogP contribution in [0.5, 0.6) is 0 Å². The number of nitrogens with zero attached hydrogens (tertiary/aromatic N) is 5. The molecule has 0 aliphatic heterocycles. The Morgan fingerprint density at radius 3 is 1.60 bits per heavy atom. The molecule has 60 heavy (non-hydrogen) atoms. The van der Waals surface area contributed by atoms with Gasteiger partial charge in [-0.15, -0.1) is 0 Å². The van der Waals surface area contributed by atoms with Crippen molar-refractivity contribution in [3.63, 3.8) is 0 Å². The molecule has 0 saturated carbocycles. The zero-order valence-corrected chi connectivity index (χ0v) is 32.2. The molecule has 6 heteroatoms. The van der Waals surface area contributed by atoms with Gasteiger partial charge in [-0.25, -0.2) is 19.9 Å². The monoisotopic (exact) mass is 767 g/mol. The van der Waals surface area contributed by atoms with Crippen LogP contribution in [0, 0.1) is 0 Å². The van der Waals surface area contributed by atoms with Crippen LogP contribution in [0.25, 0.3) is 117 Å². The predicted octanol–water partition coefficient (Wildman–Crippen LogP) is 13.8. The van der Waals surface area contributed by atoms with Crippen LogP contribution in [0.2, 0.25) is 0 Å². The lowest BCUT2D eigenvalue weighted by molar-refractivity contribution is 0.669. The van der Waals surface area contributed by atoms with E-state index in [1.165, 1.54) is 10.8 Å². The van der Waals surface area contributed by atoms with Gasteiger partial charge in [0.2, 0.25) is 0 Å². The van der Waals surface area contributed by atoms with Crippen LogP contribution in [0.4, 0.5) is 0 Å². The second kappa shape index (κ2) is 13.7. The van der Waals surface area contributed by atoms with Crippen molar-refractivity contribution < 1.29 is 4.42 Å². The molecular formula is C54H33N5O. The lowest BCUT2D eigenvalue weighted by Gasteiger charge is -2.12. The molecule has 0 bridgehead atoms. The standard InChI is InChI=1S/C54H33N5O/c1-3-15-35(16-4-1)50-51-49(43-23-9-12-28-47(43)60-51)48-40(24-14-25-44(48)55-50)34-29-31-37(32-30-34)53-56-52(36-17-5-2-6-18-36)57-54(58-53)38-19-13-20-39(33-38)59-45-26-10-7-21-41(45)42-22-8-11-27-46(42)59/h1-33H. The fourth-order valence-electron chi connectivity index (χ4n) is 8.69. The summed E-state index contributed by atoms with van der Waals surface area (Å²) >= 11 is 0. The second-order valence-corrected chi connectivity index (χ2v) is 15.0. The lowest BCUT2D eigenvalue weighted by Crippen LogP contribution is -2.01. The van der Waals surface area contributed by atoms with E-state index in [0.717, 1.165) is 88.6 Å². The molecule has 0 spiro atoms. The van der Waals surface area contributed by atoms with Crippen molar-refractivity contribution in [1.29, 1.82) is 0 Å². The van der Waals surface area contributed by atoms with Crippen molar-refractivity contribution in [3.8, 4) is 62.2 Å². The first-order valence-electron chi connectivity index (χ1n) is 20.1. The van der Waals surface area contributed by atoms with Gasteiger partial charge in [-0.05, 0) is 47.5 Å². The van der Waals surface area contributed by atoms with E-state index in [1.807, 2.05) is 60.7 Å². The molecule has 0 N–H and O–H groups in total. The molecule has 0 radical (unpaired) electrons. The molecule has 0 saturated heterocycles. The van der Waals surface area contributed by atoms with E-state index in [2.05, 4.69) is 144 Å². The Balaban J connectivity index is 0.995. The van der Waals surface area contributed by atoms with E-state index in [1.54, 1.807) is 0 Å². The topological polar surface area (TPSA) is 69.6 Å². The van der Waals surface area contributed by atoms with Gasteiger partial charge in [0.05, 0.1) is 16.6 Å². The summed E-state index contributed by atoms with van der Waals surface area (Å²) in [6, 6.07) is 69.1. The van der Waals surface area contributed by atoms with E-state index in [-0.39, 0.29) is 0 Å². The zero-order chi connectivity index (χ0) is 39.6. The summed E-state index contributed by atoms with van der Waals surface area (Å²) in [7, 11) is 0. The number of hydrogen-bond donors (Lipinski definition) is 0. The number of fused-ring (bicyclic) bond motifs is 8. The molecule has 280 valence electrons. The molecule has 0 atom stereocenters. The van der Waals surface area contributed by atoms with Gasteiger partial charge in [-0.3, -0.25) is 0 Å². The summed E-state index contributed by atoms with van der Waals surface area (Å²) < 4.78 is 8.91. The average molecular weight is 768 g/mol. The van der Waals surface area contributed by atoms with Crippen molar-refractivity contribution in [2.75, 3.05) is 0 Å². The summed E-state index contributed by atoms with van der Waals surface area (Å²) in [5, 5.41) is 5.62. The lowest BCUT2D eigenvalue weighted by atomic mass is 9.95. The molecule has 8 aromatic carbocycles. The van der Waals surface area contributed by atoms with Crippen molar-refractivity contribution in [2.24, 2.45) is 0 Å². The van der Waals surface area contributed by atoms with Gasteiger partial charge < -0.3 is 8.98 Å². The smallest absolute Gasteiger partial charge is 0.164 e. The van der Waals surface area contributed by atoms with Crippen molar-refractivity contribution in [2.45, 2.75) is 0 Å². The van der Waals surface area contributed by atoms with Crippen molar-refractivity contribution >= 4 is 54.6 Å². The summed E-state index contributed by atoms with van der Waals surface area (Å²) in [6.07, 6.45) is 0. The van der Waals surface area contributed by atoms with Crippen LogP contribution in [-0.2, 0) is 0 Å². The van der Waals surface area contributed by atoms with Crippen molar-refractivity contribution in [1.82, 2.24) is 24.5 Å². The Hall–Kier alpha value is -8.22. The number of rotatable bonds is 6. The minimum atomic E-state index is 0.600. The number of pyridine rings is 1. The van der Waals surface area contributed by atoms with Crippen LogP contribution in [0.3, 0.4) is 0 Å². The fraction of sp³-hybridized carbons (Fsp3) is 0. The summed E-state index contributed by atoms with van der Waals surface area (Å²) in [4.78, 5) is 20.5. The number of para-hydroxylation sites is 3. The molecule has 4 aromatic heterocycles. The first-order chi connectivity index (χ1) is 29.7. The van der Waals surface area contributed by atoms with E-state index in [4.69, 9.17) is 24.4 Å². The first kappa shape index (κ1) is 33.9. The highest BCUT2D eigenvalue weighted by Crippen LogP contribution is 2.43.